The van der Waals surface area contributed by atoms with Crippen molar-refractivity contribution in [3.63, 3.8) is 0 Å². The Morgan fingerprint density at radius 2 is 1.65 bits per heavy atom. The molecular formula is C23H35AlO2. The number of esters is 1. The van der Waals surface area contributed by atoms with Crippen LogP contribution < -0.4 is 0 Å². The maximum Gasteiger partial charge on any atom is 0.317 e. The zero-order valence-electron chi connectivity index (χ0n) is 17.0. The van der Waals surface area contributed by atoms with Gasteiger partial charge in [-0.25, -0.2) is 4.79 Å². The zero-order chi connectivity index (χ0) is 19.1. The fourth-order valence-electron chi connectivity index (χ4n) is 4.22. The Bertz CT molecular complexity index is 569. The molecule has 1 aromatic rings. The van der Waals surface area contributed by atoms with Gasteiger partial charge >= 0.3 is 20.1 Å². The summed E-state index contributed by atoms with van der Waals surface area (Å²) in [4.78, 5) is 12.9. The topological polar surface area (TPSA) is 26.3 Å². The van der Waals surface area contributed by atoms with Crippen LogP contribution in [0.2, 0.25) is 10.6 Å². The molecule has 0 radical (unpaired) electrons. The van der Waals surface area contributed by atoms with E-state index in [9.17, 15) is 4.79 Å². The highest BCUT2D eigenvalue weighted by molar-refractivity contribution is 6.71. The first-order chi connectivity index (χ1) is 12.4. The van der Waals surface area contributed by atoms with Crippen LogP contribution in [-0.4, -0.2) is 26.2 Å². The fourth-order valence-corrected chi connectivity index (χ4v) is 7.66. The van der Waals surface area contributed by atoms with E-state index < -0.39 is 14.1 Å². The van der Waals surface area contributed by atoms with Crippen molar-refractivity contribution in [3.05, 3.63) is 46.9 Å². The number of hydrogen-bond donors (Lipinski definition) is 0. The third-order valence-electron chi connectivity index (χ3n) is 5.46. The van der Waals surface area contributed by atoms with Gasteiger partial charge in [-0.15, -0.1) is 6.58 Å². The smallest absolute Gasteiger partial charge is 0.317 e. The summed E-state index contributed by atoms with van der Waals surface area (Å²) in [6.07, 6.45) is 4.44. The Morgan fingerprint density at radius 3 is 2.23 bits per heavy atom. The Kier molecular flexibility index (Phi) is 8.45. The minimum Gasteiger partial charge on any atom is -0.459 e. The van der Waals surface area contributed by atoms with Crippen molar-refractivity contribution < 1.29 is 9.53 Å². The summed E-state index contributed by atoms with van der Waals surface area (Å²) < 4.78 is 6.87. The van der Waals surface area contributed by atoms with Crippen LogP contribution in [0, 0.1) is 11.8 Å². The second kappa shape index (κ2) is 10.3. The average Bonchev–Trinajstić information content (AvgIpc) is 2.61. The van der Waals surface area contributed by atoms with E-state index >= 15 is 0 Å². The summed E-state index contributed by atoms with van der Waals surface area (Å²) in [5.74, 6) is 1.44. The lowest BCUT2D eigenvalue weighted by molar-refractivity contribution is -0.146. The van der Waals surface area contributed by atoms with Crippen molar-refractivity contribution in [2.45, 2.75) is 76.0 Å². The molecule has 0 saturated heterocycles. The largest absolute Gasteiger partial charge is 0.459 e. The number of carbonyl (C=O) groups is 1. The number of benzene rings is 1. The maximum absolute atomic E-state index is 12.9. The van der Waals surface area contributed by atoms with Crippen molar-refractivity contribution in [2.24, 2.45) is 11.8 Å². The zero-order valence-corrected chi connectivity index (χ0v) is 18.2. The van der Waals surface area contributed by atoms with Crippen molar-refractivity contribution in [2.75, 3.05) is 0 Å². The minimum absolute atomic E-state index is 0.00292. The Morgan fingerprint density at radius 1 is 1.08 bits per heavy atom. The molecule has 1 aliphatic rings. The molecule has 1 aliphatic carbocycles. The van der Waals surface area contributed by atoms with Crippen molar-refractivity contribution in [3.8, 4) is 0 Å². The summed E-state index contributed by atoms with van der Waals surface area (Å²) in [5.41, 5.74) is 1.30. The molecule has 0 amide bonds. The Balaban J connectivity index is 2.06. The SMILES string of the molecule is C=[C](C(=O)O[C@@H]1CCCC[C@H]1c1ccccc1)[Al]([CH2]C(C)C)[CH2]C(C)C. The summed E-state index contributed by atoms with van der Waals surface area (Å²) in [6.45, 7) is 13.2. The van der Waals surface area contributed by atoms with Gasteiger partial charge in [-0.3, -0.25) is 0 Å². The van der Waals surface area contributed by atoms with Gasteiger partial charge in [0.25, 0.3) is 0 Å². The number of ether oxygens (including phenoxy) is 1. The fraction of sp³-hybridized carbons (Fsp3) is 0.609. The van der Waals surface area contributed by atoms with E-state index in [0.717, 1.165) is 34.3 Å². The average molecular weight is 371 g/mol. The van der Waals surface area contributed by atoms with Gasteiger partial charge in [0.15, 0.2) is 0 Å². The van der Waals surface area contributed by atoms with Crippen LogP contribution in [0.4, 0.5) is 0 Å². The van der Waals surface area contributed by atoms with Crippen molar-refractivity contribution in [1.29, 1.82) is 0 Å². The molecular weight excluding hydrogens is 335 g/mol. The predicted molar refractivity (Wildman–Crippen MR) is 112 cm³/mol. The highest BCUT2D eigenvalue weighted by Gasteiger charge is 2.33. The quantitative estimate of drug-likeness (QED) is 0.311. The summed E-state index contributed by atoms with van der Waals surface area (Å²) >= 11 is -1.34. The van der Waals surface area contributed by atoms with E-state index in [1.807, 2.05) is 6.07 Å². The minimum atomic E-state index is -1.34. The molecule has 0 heterocycles. The molecule has 0 aromatic heterocycles. The first-order valence-corrected chi connectivity index (χ1v) is 12.5. The van der Waals surface area contributed by atoms with Crippen LogP contribution in [-0.2, 0) is 9.53 Å². The van der Waals surface area contributed by atoms with E-state index in [-0.39, 0.29) is 12.1 Å². The van der Waals surface area contributed by atoms with Gasteiger partial charge < -0.3 is 4.74 Å². The molecule has 142 valence electrons. The van der Waals surface area contributed by atoms with Gasteiger partial charge in [0.05, 0.1) is 0 Å². The predicted octanol–water partition coefficient (Wildman–Crippen LogP) is 6.16. The van der Waals surface area contributed by atoms with E-state index in [1.165, 1.54) is 12.0 Å². The standard InChI is InChI=1S/C15H17O2.2C4H9.Al/c1-2-15(16)17-14-11-7-6-10-13(14)12-8-4-3-5-9-12;2*1-4(2)3;/h3-5,8-9,13-14H,1,6-7,10-11H2;2*4H,1H2,2-3H3;/t13-,14+;;;/m0.../s1. The van der Waals surface area contributed by atoms with Crippen LogP contribution in [0.1, 0.15) is 64.9 Å². The molecule has 1 fully saturated rings. The van der Waals surface area contributed by atoms with Crippen LogP contribution in [0.15, 0.2) is 41.3 Å². The van der Waals surface area contributed by atoms with Gasteiger partial charge in [-0.2, -0.15) is 0 Å². The number of rotatable bonds is 8. The molecule has 0 N–H and O–H groups in total. The second-order valence-corrected chi connectivity index (χ2v) is 11.8. The number of hydrogen-bond acceptors (Lipinski definition) is 2. The maximum atomic E-state index is 12.9. The van der Waals surface area contributed by atoms with Gasteiger partial charge in [-0.05, 0) is 29.3 Å². The van der Waals surface area contributed by atoms with Gasteiger partial charge in [0.1, 0.15) is 6.10 Å². The van der Waals surface area contributed by atoms with Gasteiger partial charge in [0, 0.05) is 5.92 Å². The highest BCUT2D eigenvalue weighted by atomic mass is 27.2. The molecule has 2 atom stereocenters. The molecule has 1 aromatic carbocycles. The van der Waals surface area contributed by atoms with Crippen LogP contribution in [0.3, 0.4) is 0 Å². The summed E-state index contributed by atoms with van der Waals surface area (Å²) in [5, 5.41) is 2.28. The van der Waals surface area contributed by atoms with E-state index in [2.05, 4.69) is 58.5 Å². The lowest BCUT2D eigenvalue weighted by Gasteiger charge is -2.32. The molecule has 2 nitrogen and oxygen atoms in total. The van der Waals surface area contributed by atoms with Crippen LogP contribution >= 0.6 is 0 Å². The lowest BCUT2D eigenvalue weighted by Crippen LogP contribution is -2.33. The van der Waals surface area contributed by atoms with Crippen molar-refractivity contribution >= 4 is 20.1 Å². The third-order valence-corrected chi connectivity index (χ3v) is 9.70. The molecule has 3 heteroatoms. The Hall–Kier alpha value is -1.04. The molecule has 26 heavy (non-hydrogen) atoms. The van der Waals surface area contributed by atoms with Gasteiger partial charge in [-0.1, -0.05) is 86.8 Å². The van der Waals surface area contributed by atoms with Crippen LogP contribution in [0.5, 0.6) is 0 Å². The third kappa shape index (κ3) is 6.29. The van der Waals surface area contributed by atoms with Crippen molar-refractivity contribution in [1.82, 2.24) is 0 Å². The Labute approximate surface area is 164 Å². The van der Waals surface area contributed by atoms with E-state index in [0.29, 0.717) is 17.8 Å². The second-order valence-electron chi connectivity index (χ2n) is 8.73. The highest BCUT2D eigenvalue weighted by Crippen LogP contribution is 2.35. The summed E-state index contributed by atoms with van der Waals surface area (Å²) in [7, 11) is 0. The van der Waals surface area contributed by atoms with Crippen LogP contribution in [0.25, 0.3) is 0 Å². The molecule has 1 saturated carbocycles. The summed E-state index contributed by atoms with van der Waals surface area (Å²) in [6, 6.07) is 10.5. The first-order valence-electron chi connectivity index (χ1n) is 10.3. The first kappa shape index (κ1) is 21.3. The molecule has 2 rings (SSSR count). The van der Waals surface area contributed by atoms with E-state index in [4.69, 9.17) is 4.74 Å². The molecule has 0 bridgehead atoms. The van der Waals surface area contributed by atoms with Gasteiger partial charge in [0.2, 0.25) is 0 Å². The molecule has 0 spiro atoms. The molecule has 0 unspecified atom stereocenters. The lowest BCUT2D eigenvalue weighted by atomic mass is 9.81. The molecule has 0 aliphatic heterocycles. The monoisotopic (exact) mass is 370 g/mol. The normalized spacial score (nSPS) is 20.2. The van der Waals surface area contributed by atoms with E-state index in [1.54, 1.807) is 0 Å². The number of carbonyl (C=O) groups excluding carboxylic acids is 1.